The largest absolute Gasteiger partial charge is 0.0861 e. The van der Waals surface area contributed by atoms with E-state index in [1.807, 2.05) is 0 Å². The zero-order valence-corrected chi connectivity index (χ0v) is 6.53. The molecule has 0 fully saturated rings. The number of hydrogen-bond donors (Lipinski definition) is 0. The van der Waals surface area contributed by atoms with Crippen LogP contribution in [0.3, 0.4) is 0 Å². The standard InChI is InChI=1S/C5H11I/c1-3-5(2)4-6/h5H,3-4H2,1-2H3/t5-/m0/s1. The molecule has 1 atom stereocenters. The topological polar surface area (TPSA) is 0 Å². The highest BCUT2D eigenvalue weighted by Crippen LogP contribution is 2.02. The maximum atomic E-state index is 2.41. The Morgan fingerprint density at radius 3 is 2.17 bits per heavy atom. The molecule has 0 aliphatic heterocycles. The molecule has 0 heterocycles. The SMILES string of the molecule is CC[C@H](C)CI. The van der Waals surface area contributed by atoms with Crippen molar-refractivity contribution in [3.63, 3.8) is 0 Å². The molecule has 0 unspecified atom stereocenters. The Bertz CT molecular complexity index is 23.1. The fourth-order valence-electron chi connectivity index (χ4n) is 0.109. The van der Waals surface area contributed by atoms with Gasteiger partial charge >= 0.3 is 0 Å². The zero-order valence-electron chi connectivity index (χ0n) is 4.37. The van der Waals surface area contributed by atoms with E-state index in [1.165, 1.54) is 10.8 Å². The summed E-state index contributed by atoms with van der Waals surface area (Å²) in [5, 5.41) is 0. The molecular formula is C5H11I. The zero-order chi connectivity index (χ0) is 4.99. The van der Waals surface area contributed by atoms with Gasteiger partial charge < -0.3 is 0 Å². The smallest absolute Gasteiger partial charge is 0.00209 e. The average molecular weight is 198 g/mol. The summed E-state index contributed by atoms with van der Waals surface area (Å²) < 4.78 is 1.30. The maximum Gasteiger partial charge on any atom is 0.00209 e. The van der Waals surface area contributed by atoms with Crippen molar-refractivity contribution in [3.05, 3.63) is 0 Å². The molecule has 38 valence electrons. The fourth-order valence-corrected chi connectivity index (χ4v) is 0.732. The van der Waals surface area contributed by atoms with Crippen molar-refractivity contribution in [1.82, 2.24) is 0 Å². The highest BCUT2D eigenvalue weighted by atomic mass is 127. The van der Waals surface area contributed by atoms with Crippen LogP contribution in [0.1, 0.15) is 20.3 Å². The Labute approximate surface area is 53.5 Å². The van der Waals surface area contributed by atoms with Gasteiger partial charge in [0.15, 0.2) is 0 Å². The third kappa shape index (κ3) is 2.94. The minimum atomic E-state index is 0.922. The molecule has 0 aliphatic rings. The van der Waals surface area contributed by atoms with Gasteiger partial charge in [-0.15, -0.1) is 0 Å². The molecule has 0 radical (unpaired) electrons. The van der Waals surface area contributed by atoms with E-state index in [9.17, 15) is 0 Å². The van der Waals surface area contributed by atoms with Crippen molar-refractivity contribution in [1.29, 1.82) is 0 Å². The molecule has 0 aromatic carbocycles. The number of hydrogen-bond acceptors (Lipinski definition) is 0. The second kappa shape index (κ2) is 3.90. The van der Waals surface area contributed by atoms with Crippen molar-refractivity contribution in [2.45, 2.75) is 20.3 Å². The molecule has 1 heteroatoms. The van der Waals surface area contributed by atoms with E-state index < -0.39 is 0 Å². The first-order chi connectivity index (χ1) is 2.81. The van der Waals surface area contributed by atoms with Gasteiger partial charge in [-0.2, -0.15) is 0 Å². The number of rotatable bonds is 2. The lowest BCUT2D eigenvalue weighted by molar-refractivity contribution is 0.646. The van der Waals surface area contributed by atoms with Crippen molar-refractivity contribution in [2.75, 3.05) is 4.43 Å². The van der Waals surface area contributed by atoms with Gasteiger partial charge in [0.05, 0.1) is 0 Å². The average Bonchev–Trinajstić information content (AvgIpc) is 1.65. The normalized spacial score (nSPS) is 14.5. The van der Waals surface area contributed by atoms with Crippen LogP contribution in [-0.4, -0.2) is 4.43 Å². The number of halogens is 1. The minimum absolute atomic E-state index is 0.922. The van der Waals surface area contributed by atoms with Crippen LogP contribution in [0, 0.1) is 5.92 Å². The molecule has 0 N–H and O–H groups in total. The molecule has 0 saturated heterocycles. The Morgan fingerprint density at radius 2 is 2.17 bits per heavy atom. The molecule has 0 aromatic heterocycles. The van der Waals surface area contributed by atoms with Crippen molar-refractivity contribution < 1.29 is 0 Å². The van der Waals surface area contributed by atoms with Gasteiger partial charge in [0, 0.05) is 4.43 Å². The van der Waals surface area contributed by atoms with Crippen LogP contribution < -0.4 is 0 Å². The van der Waals surface area contributed by atoms with E-state index in [-0.39, 0.29) is 0 Å². The molecule has 0 aromatic rings. The summed E-state index contributed by atoms with van der Waals surface area (Å²) in [6, 6.07) is 0. The van der Waals surface area contributed by atoms with Crippen LogP contribution in [0.25, 0.3) is 0 Å². The van der Waals surface area contributed by atoms with Crippen molar-refractivity contribution in [3.8, 4) is 0 Å². The van der Waals surface area contributed by atoms with E-state index in [4.69, 9.17) is 0 Å². The molecule has 0 saturated carbocycles. The predicted octanol–water partition coefficient (Wildman–Crippen LogP) is 2.47. The van der Waals surface area contributed by atoms with Crippen LogP contribution in [0.15, 0.2) is 0 Å². The van der Waals surface area contributed by atoms with Gasteiger partial charge in [0.25, 0.3) is 0 Å². The van der Waals surface area contributed by atoms with Gasteiger partial charge in [0.2, 0.25) is 0 Å². The summed E-state index contributed by atoms with van der Waals surface area (Å²) in [5.41, 5.74) is 0. The maximum absolute atomic E-state index is 2.41. The van der Waals surface area contributed by atoms with Crippen LogP contribution in [-0.2, 0) is 0 Å². The molecule has 0 amide bonds. The lowest BCUT2D eigenvalue weighted by atomic mass is 10.2. The van der Waals surface area contributed by atoms with Crippen LogP contribution >= 0.6 is 22.6 Å². The van der Waals surface area contributed by atoms with Gasteiger partial charge in [-0.3, -0.25) is 0 Å². The molecule has 6 heavy (non-hydrogen) atoms. The minimum Gasteiger partial charge on any atom is -0.0861 e. The molecule has 0 rings (SSSR count). The second-order valence-electron chi connectivity index (χ2n) is 1.67. The lowest BCUT2D eigenvalue weighted by Gasteiger charge is -1.97. The first kappa shape index (κ1) is 6.73. The Kier molecular flexibility index (Phi) is 4.38. The summed E-state index contributed by atoms with van der Waals surface area (Å²) in [6.45, 7) is 4.50. The Balaban J connectivity index is 2.75. The quantitative estimate of drug-likeness (QED) is 0.472. The van der Waals surface area contributed by atoms with E-state index in [1.54, 1.807) is 0 Å². The third-order valence-electron chi connectivity index (χ3n) is 0.960. The third-order valence-corrected chi connectivity index (χ3v) is 2.46. The van der Waals surface area contributed by atoms with Gasteiger partial charge in [-0.25, -0.2) is 0 Å². The van der Waals surface area contributed by atoms with Gasteiger partial charge in [-0.1, -0.05) is 42.9 Å². The highest BCUT2D eigenvalue weighted by molar-refractivity contribution is 14.1. The summed E-state index contributed by atoms with van der Waals surface area (Å²) in [5.74, 6) is 0.922. The fraction of sp³-hybridized carbons (Fsp3) is 1.00. The second-order valence-corrected chi connectivity index (χ2v) is 2.55. The summed E-state index contributed by atoms with van der Waals surface area (Å²) in [4.78, 5) is 0. The summed E-state index contributed by atoms with van der Waals surface area (Å²) in [6.07, 6.45) is 1.32. The van der Waals surface area contributed by atoms with E-state index in [2.05, 4.69) is 36.4 Å². The van der Waals surface area contributed by atoms with Crippen LogP contribution in [0.5, 0.6) is 0 Å². The van der Waals surface area contributed by atoms with Gasteiger partial charge in [-0.05, 0) is 5.92 Å². The van der Waals surface area contributed by atoms with Crippen molar-refractivity contribution >= 4 is 22.6 Å². The number of alkyl halides is 1. The Morgan fingerprint density at radius 1 is 1.67 bits per heavy atom. The molecular weight excluding hydrogens is 187 g/mol. The predicted molar refractivity (Wildman–Crippen MR) is 38.3 cm³/mol. The molecule has 0 spiro atoms. The molecule has 0 nitrogen and oxygen atoms in total. The van der Waals surface area contributed by atoms with E-state index in [0.717, 1.165) is 5.92 Å². The Hall–Kier alpha value is 0.730. The summed E-state index contributed by atoms with van der Waals surface area (Å²) >= 11 is 2.41. The first-order valence-corrected chi connectivity index (χ1v) is 3.89. The van der Waals surface area contributed by atoms with E-state index >= 15 is 0 Å². The first-order valence-electron chi connectivity index (χ1n) is 2.37. The van der Waals surface area contributed by atoms with Gasteiger partial charge in [0.1, 0.15) is 0 Å². The summed E-state index contributed by atoms with van der Waals surface area (Å²) in [7, 11) is 0. The van der Waals surface area contributed by atoms with Crippen LogP contribution in [0.4, 0.5) is 0 Å². The van der Waals surface area contributed by atoms with E-state index in [0.29, 0.717) is 0 Å². The van der Waals surface area contributed by atoms with Crippen molar-refractivity contribution in [2.24, 2.45) is 5.92 Å². The lowest BCUT2D eigenvalue weighted by Crippen LogP contribution is -1.89. The monoisotopic (exact) mass is 198 g/mol. The molecule has 0 bridgehead atoms. The highest BCUT2D eigenvalue weighted by Gasteiger charge is 1.90. The van der Waals surface area contributed by atoms with Crippen LogP contribution in [0.2, 0.25) is 0 Å². The molecule has 0 aliphatic carbocycles.